The number of aliphatic hydroxyl groups excluding tert-OH is 1. The molecule has 2 aromatic heterocycles. The lowest BCUT2D eigenvalue weighted by Gasteiger charge is -2.15. The number of benzene rings is 1. The van der Waals surface area contributed by atoms with Gasteiger partial charge < -0.3 is 15.0 Å². The van der Waals surface area contributed by atoms with E-state index in [0.29, 0.717) is 11.6 Å². The van der Waals surface area contributed by atoms with Crippen molar-refractivity contribution in [2.24, 2.45) is 0 Å². The fourth-order valence-electron chi connectivity index (χ4n) is 2.88. The number of fused-ring (bicyclic) bond motifs is 1. The van der Waals surface area contributed by atoms with Gasteiger partial charge in [-0.2, -0.15) is 0 Å². The smallest absolute Gasteiger partial charge is 0.249 e. The first-order valence-corrected chi connectivity index (χ1v) is 8.03. The Balaban J connectivity index is 1.58. The Bertz CT molecular complexity index is 872. The molecule has 122 valence electrons. The van der Waals surface area contributed by atoms with E-state index in [9.17, 15) is 9.90 Å². The summed E-state index contributed by atoms with van der Waals surface area (Å²) in [5.74, 6) is 0.377. The van der Waals surface area contributed by atoms with Crippen LogP contribution in [0.25, 0.3) is 10.9 Å². The Morgan fingerprint density at radius 1 is 1.38 bits per heavy atom. The summed E-state index contributed by atoms with van der Waals surface area (Å²) in [5.41, 5.74) is 2.86. The molecule has 2 heterocycles. The minimum Gasteiger partial charge on any atom is -0.394 e. The van der Waals surface area contributed by atoms with E-state index in [2.05, 4.69) is 27.4 Å². The Morgan fingerprint density at radius 2 is 2.25 bits per heavy atom. The summed E-state index contributed by atoms with van der Waals surface area (Å²) in [7, 11) is 0. The van der Waals surface area contributed by atoms with Gasteiger partial charge in [-0.05, 0) is 42.5 Å². The molecule has 0 aliphatic heterocycles. The lowest BCUT2D eigenvalue weighted by atomic mass is 10.1. The van der Waals surface area contributed by atoms with Crippen LogP contribution in [0.3, 0.4) is 0 Å². The van der Waals surface area contributed by atoms with E-state index in [1.165, 1.54) is 24.7 Å². The third-order valence-corrected chi connectivity index (χ3v) is 4.38. The first-order chi connectivity index (χ1) is 11.7. The molecule has 0 unspecified atom stereocenters. The van der Waals surface area contributed by atoms with E-state index in [1.807, 2.05) is 12.1 Å². The molecule has 6 nitrogen and oxygen atoms in total. The van der Waals surface area contributed by atoms with Gasteiger partial charge >= 0.3 is 0 Å². The van der Waals surface area contributed by atoms with Crippen molar-refractivity contribution in [2.75, 3.05) is 11.9 Å². The first-order valence-electron chi connectivity index (χ1n) is 8.03. The van der Waals surface area contributed by atoms with Crippen molar-refractivity contribution in [2.45, 2.75) is 24.8 Å². The molecule has 0 bridgehead atoms. The number of amides is 1. The van der Waals surface area contributed by atoms with Crippen LogP contribution in [0.5, 0.6) is 0 Å². The molecule has 1 amide bonds. The van der Waals surface area contributed by atoms with Crippen molar-refractivity contribution in [3.8, 4) is 0 Å². The Labute approximate surface area is 139 Å². The number of aliphatic hydroxyl groups is 1. The highest BCUT2D eigenvalue weighted by atomic mass is 16.3. The van der Waals surface area contributed by atoms with E-state index in [1.54, 1.807) is 23.2 Å². The normalized spacial score (nSPS) is 15.4. The topological polar surface area (TPSA) is 80.0 Å². The van der Waals surface area contributed by atoms with Gasteiger partial charge in [0.2, 0.25) is 5.91 Å². The molecule has 3 aromatic rings. The van der Waals surface area contributed by atoms with Gasteiger partial charge in [0, 0.05) is 17.8 Å². The van der Waals surface area contributed by atoms with Crippen molar-refractivity contribution >= 4 is 22.5 Å². The SMILES string of the molecule is O=C(Nc1cnc2ccc(C3CC3)cc2c1)[C@H](CO)n1ccnc1. The largest absolute Gasteiger partial charge is 0.394 e. The van der Waals surface area contributed by atoms with Gasteiger partial charge in [0.15, 0.2) is 0 Å². The Morgan fingerprint density at radius 3 is 2.96 bits per heavy atom. The van der Waals surface area contributed by atoms with Gasteiger partial charge in [0.05, 0.1) is 30.3 Å². The van der Waals surface area contributed by atoms with Crippen LogP contribution in [-0.4, -0.2) is 32.2 Å². The second-order valence-corrected chi connectivity index (χ2v) is 6.15. The highest BCUT2D eigenvalue weighted by Crippen LogP contribution is 2.40. The van der Waals surface area contributed by atoms with Gasteiger partial charge in [-0.1, -0.05) is 6.07 Å². The first kappa shape index (κ1) is 14.8. The van der Waals surface area contributed by atoms with Crippen LogP contribution < -0.4 is 5.32 Å². The molecule has 1 aromatic carbocycles. The summed E-state index contributed by atoms with van der Waals surface area (Å²) >= 11 is 0. The molecule has 6 heteroatoms. The van der Waals surface area contributed by atoms with E-state index in [0.717, 1.165) is 10.9 Å². The second-order valence-electron chi connectivity index (χ2n) is 6.15. The van der Waals surface area contributed by atoms with E-state index in [4.69, 9.17) is 0 Å². The van der Waals surface area contributed by atoms with Crippen molar-refractivity contribution in [3.05, 3.63) is 54.7 Å². The number of nitrogens with zero attached hydrogens (tertiary/aromatic N) is 3. The monoisotopic (exact) mass is 322 g/mol. The van der Waals surface area contributed by atoms with Crippen LogP contribution in [0.4, 0.5) is 5.69 Å². The molecular formula is C18H18N4O2. The Kier molecular flexibility index (Phi) is 3.74. The summed E-state index contributed by atoms with van der Waals surface area (Å²) in [5, 5.41) is 13.3. The van der Waals surface area contributed by atoms with Crippen molar-refractivity contribution < 1.29 is 9.90 Å². The zero-order valence-corrected chi connectivity index (χ0v) is 13.1. The average Bonchev–Trinajstić information content (AvgIpc) is 3.31. The quantitative estimate of drug-likeness (QED) is 0.756. The highest BCUT2D eigenvalue weighted by molar-refractivity contribution is 5.95. The number of hydrogen-bond donors (Lipinski definition) is 2. The third kappa shape index (κ3) is 2.88. The fraction of sp³-hybridized carbons (Fsp3) is 0.278. The van der Waals surface area contributed by atoms with Gasteiger partial charge in [0.25, 0.3) is 0 Å². The summed E-state index contributed by atoms with van der Waals surface area (Å²) in [6, 6.07) is 7.52. The molecule has 24 heavy (non-hydrogen) atoms. The maximum atomic E-state index is 12.4. The summed E-state index contributed by atoms with van der Waals surface area (Å²) in [4.78, 5) is 20.7. The molecule has 4 rings (SSSR count). The van der Waals surface area contributed by atoms with Crippen LogP contribution in [0, 0.1) is 0 Å². The molecular weight excluding hydrogens is 304 g/mol. The van der Waals surface area contributed by atoms with Crippen LogP contribution >= 0.6 is 0 Å². The van der Waals surface area contributed by atoms with Crippen molar-refractivity contribution in [1.29, 1.82) is 0 Å². The highest BCUT2D eigenvalue weighted by Gasteiger charge is 2.23. The molecule has 1 fully saturated rings. The fourth-order valence-corrected chi connectivity index (χ4v) is 2.88. The predicted octanol–water partition coefficient (Wildman–Crippen LogP) is 2.48. The minimum absolute atomic E-state index is 0.296. The van der Waals surface area contributed by atoms with Crippen LogP contribution in [-0.2, 0) is 4.79 Å². The lowest BCUT2D eigenvalue weighted by molar-refractivity contribution is -0.120. The zero-order chi connectivity index (χ0) is 16.5. The number of carbonyl (C=O) groups is 1. The predicted molar refractivity (Wildman–Crippen MR) is 90.7 cm³/mol. The number of hydrogen-bond acceptors (Lipinski definition) is 4. The standard InChI is InChI=1S/C18H18N4O2/c23-10-17(22-6-5-19-11-22)18(24)21-15-8-14-7-13(12-1-2-12)3-4-16(14)20-9-15/h3-9,11-12,17,23H,1-2,10H2,(H,21,24)/t17-/m0/s1. The molecule has 1 aliphatic rings. The van der Waals surface area contributed by atoms with Crippen LogP contribution in [0.15, 0.2) is 49.2 Å². The minimum atomic E-state index is -0.707. The molecule has 1 saturated carbocycles. The molecule has 0 spiro atoms. The molecule has 2 N–H and O–H groups in total. The maximum absolute atomic E-state index is 12.4. The number of carbonyl (C=O) groups excluding carboxylic acids is 1. The van der Waals surface area contributed by atoms with E-state index >= 15 is 0 Å². The number of anilines is 1. The Hall–Kier alpha value is -2.73. The number of aromatic nitrogens is 3. The molecule has 0 radical (unpaired) electrons. The molecule has 0 saturated heterocycles. The van der Waals surface area contributed by atoms with Crippen molar-refractivity contribution in [3.63, 3.8) is 0 Å². The maximum Gasteiger partial charge on any atom is 0.249 e. The summed E-state index contributed by atoms with van der Waals surface area (Å²) in [6.45, 7) is -0.297. The third-order valence-electron chi connectivity index (χ3n) is 4.38. The van der Waals surface area contributed by atoms with E-state index < -0.39 is 6.04 Å². The second kappa shape index (κ2) is 6.05. The van der Waals surface area contributed by atoms with Gasteiger partial charge in [0.1, 0.15) is 6.04 Å². The van der Waals surface area contributed by atoms with Crippen LogP contribution in [0.1, 0.15) is 30.4 Å². The van der Waals surface area contributed by atoms with Crippen molar-refractivity contribution in [1.82, 2.24) is 14.5 Å². The number of rotatable bonds is 5. The number of pyridine rings is 1. The lowest BCUT2D eigenvalue weighted by Crippen LogP contribution is -2.28. The zero-order valence-electron chi connectivity index (χ0n) is 13.1. The van der Waals surface area contributed by atoms with Crippen LogP contribution in [0.2, 0.25) is 0 Å². The molecule has 1 atom stereocenters. The average molecular weight is 322 g/mol. The van der Waals surface area contributed by atoms with Gasteiger partial charge in [-0.15, -0.1) is 0 Å². The van der Waals surface area contributed by atoms with E-state index in [-0.39, 0.29) is 12.5 Å². The number of nitrogens with one attached hydrogen (secondary N) is 1. The van der Waals surface area contributed by atoms with Gasteiger partial charge in [-0.3, -0.25) is 9.78 Å². The summed E-state index contributed by atoms with van der Waals surface area (Å²) in [6.07, 6.45) is 8.88. The summed E-state index contributed by atoms with van der Waals surface area (Å²) < 4.78 is 1.58. The number of imidazole rings is 1. The van der Waals surface area contributed by atoms with Gasteiger partial charge in [-0.25, -0.2) is 4.98 Å². The molecule has 1 aliphatic carbocycles.